The van der Waals surface area contributed by atoms with Crippen LogP contribution >= 0.6 is 15.9 Å². The van der Waals surface area contributed by atoms with Crippen molar-refractivity contribution >= 4 is 32.9 Å². The van der Waals surface area contributed by atoms with Crippen LogP contribution in [0.3, 0.4) is 0 Å². The van der Waals surface area contributed by atoms with Crippen LogP contribution in [0.1, 0.15) is 5.69 Å². The minimum Gasteiger partial charge on any atom is -0.465 e. The van der Waals surface area contributed by atoms with Gasteiger partial charge in [-0.2, -0.15) is 0 Å². The van der Waals surface area contributed by atoms with Gasteiger partial charge in [-0.05, 0) is 18.2 Å². The molecule has 0 aliphatic heterocycles. The average Bonchev–Trinajstić information content (AvgIpc) is 2.28. The number of aromatic nitrogens is 1. The van der Waals surface area contributed by atoms with Gasteiger partial charge in [-0.15, -0.1) is 0 Å². The van der Waals surface area contributed by atoms with Crippen molar-refractivity contribution in [1.82, 2.24) is 9.88 Å². The van der Waals surface area contributed by atoms with E-state index in [9.17, 15) is 4.79 Å². The van der Waals surface area contributed by atoms with E-state index in [1.807, 2.05) is 30.3 Å². The number of benzene rings is 1. The van der Waals surface area contributed by atoms with Crippen LogP contribution in [0.4, 0.5) is 4.79 Å². The fourth-order valence-corrected chi connectivity index (χ4v) is 1.88. The second-order valence-corrected chi connectivity index (χ2v) is 4.69. The lowest BCUT2D eigenvalue weighted by molar-refractivity contribution is 0.153. The molecular formula is C12H11BrN2O2. The van der Waals surface area contributed by atoms with Gasteiger partial charge in [-0.3, -0.25) is 4.98 Å². The van der Waals surface area contributed by atoms with Crippen molar-refractivity contribution < 1.29 is 9.90 Å². The lowest BCUT2D eigenvalue weighted by Gasteiger charge is -2.12. The Balaban J connectivity index is 2.33. The van der Waals surface area contributed by atoms with E-state index < -0.39 is 6.09 Å². The van der Waals surface area contributed by atoms with Gasteiger partial charge in [0.05, 0.1) is 17.8 Å². The first kappa shape index (κ1) is 11.9. The summed E-state index contributed by atoms with van der Waals surface area (Å²) in [5, 5.41) is 9.83. The minimum absolute atomic E-state index is 0.289. The third kappa shape index (κ3) is 2.74. The van der Waals surface area contributed by atoms with Crippen molar-refractivity contribution in [3.05, 3.63) is 40.5 Å². The molecule has 0 radical (unpaired) electrons. The van der Waals surface area contributed by atoms with Crippen LogP contribution in [0.5, 0.6) is 0 Å². The summed E-state index contributed by atoms with van der Waals surface area (Å²) in [5.41, 5.74) is 1.59. The quantitative estimate of drug-likeness (QED) is 0.926. The summed E-state index contributed by atoms with van der Waals surface area (Å²) >= 11 is 3.39. The first-order valence-electron chi connectivity index (χ1n) is 5.05. The molecule has 2 aromatic rings. The summed E-state index contributed by atoms with van der Waals surface area (Å²) in [4.78, 5) is 16.3. The molecular weight excluding hydrogens is 284 g/mol. The van der Waals surface area contributed by atoms with Crippen LogP contribution in [-0.2, 0) is 6.54 Å². The van der Waals surface area contributed by atoms with Gasteiger partial charge in [0.1, 0.15) is 0 Å². The van der Waals surface area contributed by atoms with Crippen molar-refractivity contribution in [1.29, 1.82) is 0 Å². The molecule has 0 bridgehead atoms. The number of hydrogen-bond donors (Lipinski definition) is 1. The molecule has 0 fully saturated rings. The second kappa shape index (κ2) is 4.71. The van der Waals surface area contributed by atoms with E-state index in [-0.39, 0.29) is 6.54 Å². The van der Waals surface area contributed by atoms with Gasteiger partial charge in [0, 0.05) is 16.9 Å². The second-order valence-electron chi connectivity index (χ2n) is 3.78. The SMILES string of the molecule is CN(Cc1ccc2ccc(Br)cc2n1)C(=O)O. The van der Waals surface area contributed by atoms with Crippen molar-refractivity contribution in [2.75, 3.05) is 7.05 Å². The molecule has 0 aliphatic rings. The summed E-state index contributed by atoms with van der Waals surface area (Å²) in [6.07, 6.45) is -0.957. The number of amides is 1. The average molecular weight is 295 g/mol. The number of fused-ring (bicyclic) bond motifs is 1. The number of halogens is 1. The maximum Gasteiger partial charge on any atom is 0.407 e. The van der Waals surface area contributed by atoms with Gasteiger partial charge < -0.3 is 10.0 Å². The van der Waals surface area contributed by atoms with Crippen LogP contribution in [0.2, 0.25) is 0 Å². The normalized spacial score (nSPS) is 10.5. The number of nitrogens with zero attached hydrogens (tertiary/aromatic N) is 2. The molecule has 1 aromatic carbocycles. The van der Waals surface area contributed by atoms with Crippen LogP contribution < -0.4 is 0 Å². The van der Waals surface area contributed by atoms with E-state index in [1.54, 1.807) is 0 Å². The lowest BCUT2D eigenvalue weighted by atomic mass is 10.2. The highest BCUT2D eigenvalue weighted by molar-refractivity contribution is 9.10. The number of carbonyl (C=O) groups is 1. The molecule has 2 rings (SSSR count). The fraction of sp³-hybridized carbons (Fsp3) is 0.167. The molecule has 0 saturated carbocycles. The Morgan fingerprint density at radius 3 is 2.82 bits per heavy atom. The topological polar surface area (TPSA) is 53.4 Å². The zero-order chi connectivity index (χ0) is 12.4. The number of rotatable bonds is 2. The Labute approximate surface area is 107 Å². The molecule has 0 atom stereocenters. The summed E-state index contributed by atoms with van der Waals surface area (Å²) in [5.74, 6) is 0. The molecule has 88 valence electrons. The van der Waals surface area contributed by atoms with Crippen LogP contribution in [0.15, 0.2) is 34.8 Å². The monoisotopic (exact) mass is 294 g/mol. The van der Waals surface area contributed by atoms with Gasteiger partial charge in [0.15, 0.2) is 0 Å². The number of pyridine rings is 1. The molecule has 1 aromatic heterocycles. The zero-order valence-electron chi connectivity index (χ0n) is 9.22. The van der Waals surface area contributed by atoms with E-state index in [0.29, 0.717) is 0 Å². The van der Waals surface area contributed by atoms with E-state index in [1.165, 1.54) is 11.9 Å². The molecule has 0 aliphatic carbocycles. The van der Waals surface area contributed by atoms with Crippen LogP contribution in [0.25, 0.3) is 10.9 Å². The lowest BCUT2D eigenvalue weighted by Crippen LogP contribution is -2.24. The van der Waals surface area contributed by atoms with Crippen molar-refractivity contribution in [2.45, 2.75) is 6.54 Å². The molecule has 1 amide bonds. The molecule has 1 N–H and O–H groups in total. The third-order valence-electron chi connectivity index (χ3n) is 2.44. The third-order valence-corrected chi connectivity index (χ3v) is 2.93. The zero-order valence-corrected chi connectivity index (χ0v) is 10.8. The highest BCUT2D eigenvalue weighted by atomic mass is 79.9. The van der Waals surface area contributed by atoms with Crippen LogP contribution in [0, 0.1) is 0 Å². The standard InChI is InChI=1S/C12H11BrN2O2/c1-15(12(16)17)7-10-5-3-8-2-4-9(13)6-11(8)14-10/h2-6H,7H2,1H3,(H,16,17). The molecule has 1 heterocycles. The fourth-order valence-electron chi connectivity index (χ4n) is 1.53. The van der Waals surface area contributed by atoms with Gasteiger partial charge >= 0.3 is 6.09 Å². The van der Waals surface area contributed by atoms with E-state index >= 15 is 0 Å². The Morgan fingerprint density at radius 1 is 1.41 bits per heavy atom. The predicted molar refractivity (Wildman–Crippen MR) is 68.9 cm³/mol. The van der Waals surface area contributed by atoms with Crippen molar-refractivity contribution in [3.8, 4) is 0 Å². The first-order chi connectivity index (χ1) is 8.06. The van der Waals surface area contributed by atoms with Gasteiger partial charge in [0.2, 0.25) is 0 Å². The summed E-state index contributed by atoms with van der Waals surface area (Å²) in [6.45, 7) is 0.289. The summed E-state index contributed by atoms with van der Waals surface area (Å²) < 4.78 is 0.959. The predicted octanol–water partition coefficient (Wildman–Crippen LogP) is 3.11. The maximum atomic E-state index is 10.7. The first-order valence-corrected chi connectivity index (χ1v) is 5.85. The molecule has 0 unspecified atom stereocenters. The molecule has 0 spiro atoms. The number of carboxylic acid groups (broad SMARTS) is 1. The van der Waals surface area contributed by atoms with Gasteiger partial charge in [-0.1, -0.05) is 28.1 Å². The Bertz CT molecular complexity index is 571. The summed E-state index contributed by atoms with van der Waals surface area (Å²) in [6, 6.07) is 9.62. The van der Waals surface area contributed by atoms with Gasteiger partial charge in [-0.25, -0.2) is 4.79 Å². The molecule has 5 heteroatoms. The minimum atomic E-state index is -0.957. The Kier molecular flexibility index (Phi) is 3.28. The molecule has 4 nitrogen and oxygen atoms in total. The van der Waals surface area contributed by atoms with Crippen molar-refractivity contribution in [2.24, 2.45) is 0 Å². The van der Waals surface area contributed by atoms with E-state index in [2.05, 4.69) is 20.9 Å². The number of hydrogen-bond acceptors (Lipinski definition) is 2. The highest BCUT2D eigenvalue weighted by Gasteiger charge is 2.07. The highest BCUT2D eigenvalue weighted by Crippen LogP contribution is 2.18. The Morgan fingerprint density at radius 2 is 2.12 bits per heavy atom. The summed E-state index contributed by atoms with van der Waals surface area (Å²) in [7, 11) is 1.52. The molecule has 17 heavy (non-hydrogen) atoms. The largest absolute Gasteiger partial charge is 0.465 e. The Hall–Kier alpha value is -1.62. The van der Waals surface area contributed by atoms with Crippen molar-refractivity contribution in [3.63, 3.8) is 0 Å². The van der Waals surface area contributed by atoms with E-state index in [4.69, 9.17) is 5.11 Å². The van der Waals surface area contributed by atoms with E-state index in [0.717, 1.165) is 21.1 Å². The maximum absolute atomic E-state index is 10.7. The molecule has 0 saturated heterocycles. The smallest absolute Gasteiger partial charge is 0.407 e. The van der Waals surface area contributed by atoms with Gasteiger partial charge in [0.25, 0.3) is 0 Å². The van der Waals surface area contributed by atoms with Crippen LogP contribution in [-0.4, -0.2) is 28.1 Å².